The van der Waals surface area contributed by atoms with Gasteiger partial charge in [-0.2, -0.15) is 0 Å². The molecular weight excluding hydrogens is 296 g/mol. The van der Waals surface area contributed by atoms with Crippen molar-refractivity contribution < 1.29 is 4.79 Å². The van der Waals surface area contributed by atoms with E-state index in [-0.39, 0.29) is 11.9 Å². The van der Waals surface area contributed by atoms with Crippen molar-refractivity contribution in [2.24, 2.45) is 11.8 Å². The van der Waals surface area contributed by atoms with E-state index in [1.54, 1.807) is 6.20 Å². The van der Waals surface area contributed by atoms with Gasteiger partial charge in [0.25, 0.3) is 0 Å². The van der Waals surface area contributed by atoms with Crippen molar-refractivity contribution in [1.82, 2.24) is 10.3 Å². The van der Waals surface area contributed by atoms with Gasteiger partial charge in [-0.1, -0.05) is 49.2 Å². The molecule has 0 spiro atoms. The highest BCUT2D eigenvalue weighted by molar-refractivity contribution is 5.78. The predicted molar refractivity (Wildman–Crippen MR) is 94.5 cm³/mol. The van der Waals surface area contributed by atoms with Gasteiger partial charge in [0.05, 0.1) is 6.42 Å². The van der Waals surface area contributed by atoms with Crippen LogP contribution in [-0.2, 0) is 11.2 Å². The summed E-state index contributed by atoms with van der Waals surface area (Å²) in [5.41, 5.74) is 2.22. The number of hydrogen-bond acceptors (Lipinski definition) is 2. The Morgan fingerprint density at radius 2 is 1.75 bits per heavy atom. The molecule has 4 rings (SSSR count). The van der Waals surface area contributed by atoms with E-state index in [1.807, 2.05) is 18.2 Å². The van der Waals surface area contributed by atoms with Gasteiger partial charge in [0.1, 0.15) is 0 Å². The maximum Gasteiger partial charge on any atom is 0.226 e. The van der Waals surface area contributed by atoms with Crippen molar-refractivity contribution in [3.05, 3.63) is 66.0 Å². The number of nitrogens with zero attached hydrogens (tertiary/aromatic N) is 1. The van der Waals surface area contributed by atoms with Crippen LogP contribution >= 0.6 is 0 Å². The van der Waals surface area contributed by atoms with Gasteiger partial charge in [-0.25, -0.2) is 0 Å². The molecule has 0 radical (unpaired) electrons. The molecule has 0 aliphatic heterocycles. The van der Waals surface area contributed by atoms with E-state index in [2.05, 4.69) is 40.6 Å². The Hall–Kier alpha value is -2.16. The summed E-state index contributed by atoms with van der Waals surface area (Å²) in [5, 5.41) is 3.33. The Labute approximate surface area is 143 Å². The van der Waals surface area contributed by atoms with Crippen LogP contribution in [0.15, 0.2) is 54.7 Å². The van der Waals surface area contributed by atoms with Gasteiger partial charge < -0.3 is 5.32 Å². The second kappa shape index (κ2) is 6.76. The first-order valence-corrected chi connectivity index (χ1v) is 9.07. The number of rotatable bonds is 4. The normalized spacial score (nSPS) is 28.5. The number of pyridine rings is 1. The number of carbonyl (C=O) groups is 1. The molecular formula is C21H24N2O. The number of amides is 1. The summed E-state index contributed by atoms with van der Waals surface area (Å²) in [5.74, 6) is 1.96. The predicted octanol–water partition coefficient (Wildman–Crippen LogP) is 3.71. The maximum absolute atomic E-state index is 12.5. The van der Waals surface area contributed by atoms with Crippen LogP contribution in [0.5, 0.6) is 0 Å². The highest BCUT2D eigenvalue weighted by atomic mass is 16.1. The first kappa shape index (κ1) is 15.4. The molecule has 1 aromatic carbocycles. The van der Waals surface area contributed by atoms with E-state index in [9.17, 15) is 4.79 Å². The summed E-state index contributed by atoms with van der Waals surface area (Å²) in [6, 6.07) is 16.7. The molecule has 3 heteroatoms. The number of fused-ring (bicyclic) bond motifs is 1. The summed E-state index contributed by atoms with van der Waals surface area (Å²) in [6.07, 6.45) is 7.31. The molecule has 1 N–H and O–H groups in total. The average Bonchev–Trinajstić information content (AvgIpc) is 2.62. The van der Waals surface area contributed by atoms with Gasteiger partial charge >= 0.3 is 0 Å². The molecule has 1 aromatic heterocycles. The minimum atomic E-state index is 0.101. The lowest BCUT2D eigenvalue weighted by Crippen LogP contribution is -2.59. The van der Waals surface area contributed by atoms with Crippen LogP contribution in [0.2, 0.25) is 0 Å². The molecule has 2 saturated carbocycles. The Morgan fingerprint density at radius 3 is 2.50 bits per heavy atom. The number of nitrogens with one attached hydrogen (secondary N) is 1. The van der Waals surface area contributed by atoms with Crippen LogP contribution in [0.4, 0.5) is 0 Å². The van der Waals surface area contributed by atoms with Crippen molar-refractivity contribution >= 4 is 5.91 Å². The van der Waals surface area contributed by atoms with E-state index in [0.717, 1.165) is 11.6 Å². The summed E-state index contributed by atoms with van der Waals surface area (Å²) in [7, 11) is 0. The van der Waals surface area contributed by atoms with E-state index >= 15 is 0 Å². The van der Waals surface area contributed by atoms with E-state index in [4.69, 9.17) is 0 Å². The van der Waals surface area contributed by atoms with Crippen LogP contribution in [0.3, 0.4) is 0 Å². The molecule has 24 heavy (non-hydrogen) atoms. The lowest BCUT2D eigenvalue weighted by Gasteiger charge is -2.55. The summed E-state index contributed by atoms with van der Waals surface area (Å²) in [6.45, 7) is 0. The average molecular weight is 320 g/mol. The van der Waals surface area contributed by atoms with Gasteiger partial charge in [0.2, 0.25) is 5.91 Å². The SMILES string of the molecule is O=C(Cc1ccccn1)N[C@H]1[C@@H]2CCCC[C@@H]2[C@@H]1c1ccccc1. The van der Waals surface area contributed by atoms with Crippen LogP contribution in [-0.4, -0.2) is 16.9 Å². The molecule has 2 aliphatic carbocycles. The van der Waals surface area contributed by atoms with E-state index in [0.29, 0.717) is 18.3 Å². The van der Waals surface area contributed by atoms with Crippen molar-refractivity contribution in [3.63, 3.8) is 0 Å². The zero-order chi connectivity index (χ0) is 16.4. The highest BCUT2D eigenvalue weighted by Gasteiger charge is 2.51. The van der Waals surface area contributed by atoms with Crippen molar-refractivity contribution in [2.75, 3.05) is 0 Å². The number of benzene rings is 1. The molecule has 0 saturated heterocycles. The fourth-order valence-corrected chi connectivity index (χ4v) is 4.70. The van der Waals surface area contributed by atoms with Gasteiger partial charge in [-0.3, -0.25) is 9.78 Å². The molecule has 2 fully saturated rings. The molecule has 0 bridgehead atoms. The first-order chi connectivity index (χ1) is 11.8. The van der Waals surface area contributed by atoms with Gasteiger partial charge in [0.15, 0.2) is 0 Å². The fraction of sp³-hybridized carbons (Fsp3) is 0.429. The van der Waals surface area contributed by atoms with Gasteiger partial charge in [-0.05, 0) is 42.4 Å². The van der Waals surface area contributed by atoms with Crippen LogP contribution < -0.4 is 5.32 Å². The van der Waals surface area contributed by atoms with Crippen LogP contribution in [0, 0.1) is 11.8 Å². The van der Waals surface area contributed by atoms with Crippen molar-refractivity contribution in [1.29, 1.82) is 0 Å². The Balaban J connectivity index is 1.48. The molecule has 1 amide bonds. The lowest BCUT2D eigenvalue weighted by atomic mass is 9.53. The summed E-state index contributed by atoms with van der Waals surface area (Å²) >= 11 is 0. The smallest absolute Gasteiger partial charge is 0.226 e. The van der Waals surface area contributed by atoms with Crippen molar-refractivity contribution in [2.45, 2.75) is 44.1 Å². The highest BCUT2D eigenvalue weighted by Crippen LogP contribution is 2.54. The Kier molecular flexibility index (Phi) is 4.33. The topological polar surface area (TPSA) is 42.0 Å². The second-order valence-corrected chi connectivity index (χ2v) is 7.14. The Morgan fingerprint density at radius 1 is 1.00 bits per heavy atom. The lowest BCUT2D eigenvalue weighted by molar-refractivity contribution is -0.124. The third kappa shape index (κ3) is 2.95. The summed E-state index contributed by atoms with van der Waals surface area (Å²) < 4.78 is 0. The van der Waals surface area contributed by atoms with E-state index < -0.39 is 0 Å². The van der Waals surface area contributed by atoms with Crippen LogP contribution in [0.1, 0.15) is 42.9 Å². The zero-order valence-electron chi connectivity index (χ0n) is 13.9. The Bertz CT molecular complexity index is 685. The van der Waals surface area contributed by atoms with Gasteiger partial charge in [0, 0.05) is 23.9 Å². The molecule has 3 nitrogen and oxygen atoms in total. The fourth-order valence-electron chi connectivity index (χ4n) is 4.70. The minimum absolute atomic E-state index is 0.101. The molecule has 2 aromatic rings. The second-order valence-electron chi connectivity index (χ2n) is 7.14. The largest absolute Gasteiger partial charge is 0.352 e. The van der Waals surface area contributed by atoms with Gasteiger partial charge in [-0.15, -0.1) is 0 Å². The summed E-state index contributed by atoms with van der Waals surface area (Å²) in [4.78, 5) is 16.8. The molecule has 1 heterocycles. The van der Waals surface area contributed by atoms with Crippen LogP contribution in [0.25, 0.3) is 0 Å². The molecule has 2 aliphatic rings. The third-order valence-electron chi connectivity index (χ3n) is 5.76. The minimum Gasteiger partial charge on any atom is -0.352 e. The van der Waals surface area contributed by atoms with E-state index in [1.165, 1.54) is 31.2 Å². The number of hydrogen-bond donors (Lipinski definition) is 1. The van der Waals surface area contributed by atoms with Crippen molar-refractivity contribution in [3.8, 4) is 0 Å². The molecule has 4 atom stereocenters. The first-order valence-electron chi connectivity index (χ1n) is 9.07. The zero-order valence-corrected chi connectivity index (χ0v) is 13.9. The number of aromatic nitrogens is 1. The monoisotopic (exact) mass is 320 g/mol. The molecule has 124 valence electrons. The quantitative estimate of drug-likeness (QED) is 0.933. The molecule has 0 unspecified atom stereocenters. The maximum atomic E-state index is 12.5. The standard InChI is InChI=1S/C21H24N2O/c24-19(14-16-10-6-7-13-22-16)23-21-18-12-5-4-11-17(18)20(21)15-8-2-1-3-9-15/h1-3,6-10,13,17-18,20-21H,4-5,11-12,14H2,(H,23,24)/t17-,18+,20-,21-/m0/s1. The number of carbonyl (C=O) groups excluding carboxylic acids is 1. The third-order valence-corrected chi connectivity index (χ3v) is 5.76.